The minimum Gasteiger partial charge on any atom is -0.480 e. The first-order chi connectivity index (χ1) is 8.59. The normalized spacial score (nSPS) is 10.1. The number of carbonyl (C=O) groups excluding carboxylic acids is 1. The highest BCUT2D eigenvalue weighted by atomic mass is 16.5. The topological polar surface area (TPSA) is 108 Å². The molecule has 1 aromatic heterocycles. The quantitative estimate of drug-likeness (QED) is 0.578. The van der Waals surface area contributed by atoms with Gasteiger partial charge >= 0.3 is 12.0 Å². The molecule has 0 bridgehead atoms. The molecule has 0 saturated carbocycles. The third kappa shape index (κ3) is 5.30. The summed E-state index contributed by atoms with van der Waals surface area (Å²) in [4.78, 5) is 23.2. The fourth-order valence-corrected chi connectivity index (χ4v) is 1.23. The Morgan fingerprint density at radius 2 is 2.39 bits per heavy atom. The first kappa shape index (κ1) is 14.0. The number of carboxylic acids is 1. The number of aromatic amines is 1. The van der Waals surface area contributed by atoms with Gasteiger partial charge in [-0.15, -0.1) is 0 Å². The van der Waals surface area contributed by atoms with Gasteiger partial charge in [0, 0.05) is 25.4 Å². The Morgan fingerprint density at radius 1 is 1.61 bits per heavy atom. The molecule has 0 unspecified atom stereocenters. The van der Waals surface area contributed by atoms with Gasteiger partial charge < -0.3 is 20.1 Å². The Bertz CT molecular complexity index is 379. The van der Waals surface area contributed by atoms with Gasteiger partial charge in [0.1, 0.15) is 6.61 Å². The SMILES string of the molecule is CN(Cc1cn[nH]c1)C(=O)NCCOCC(=O)O. The van der Waals surface area contributed by atoms with Crippen molar-refractivity contribution in [3.05, 3.63) is 18.0 Å². The van der Waals surface area contributed by atoms with Gasteiger partial charge in [0.15, 0.2) is 0 Å². The zero-order valence-electron chi connectivity index (χ0n) is 10.0. The Balaban J connectivity index is 2.14. The maximum Gasteiger partial charge on any atom is 0.329 e. The molecule has 0 aliphatic heterocycles. The second-order valence-corrected chi connectivity index (χ2v) is 3.64. The van der Waals surface area contributed by atoms with E-state index in [-0.39, 0.29) is 25.8 Å². The van der Waals surface area contributed by atoms with E-state index in [1.807, 2.05) is 0 Å². The first-order valence-corrected chi connectivity index (χ1v) is 5.35. The van der Waals surface area contributed by atoms with Crippen molar-refractivity contribution in [2.75, 3.05) is 26.8 Å². The molecule has 0 aliphatic rings. The van der Waals surface area contributed by atoms with Crippen LogP contribution in [0.2, 0.25) is 0 Å². The maximum atomic E-state index is 11.6. The molecule has 0 atom stereocenters. The standard InChI is InChI=1S/C10H16N4O4/c1-14(6-8-4-12-13-5-8)10(17)11-2-3-18-7-9(15)16/h4-5H,2-3,6-7H2,1H3,(H,11,17)(H,12,13)(H,15,16). The molecule has 8 nitrogen and oxygen atoms in total. The van der Waals surface area contributed by atoms with Gasteiger partial charge in [-0.25, -0.2) is 9.59 Å². The molecule has 0 spiro atoms. The van der Waals surface area contributed by atoms with Crippen LogP contribution in [0.3, 0.4) is 0 Å². The van der Waals surface area contributed by atoms with Crippen molar-refractivity contribution in [3.8, 4) is 0 Å². The van der Waals surface area contributed by atoms with E-state index in [0.29, 0.717) is 6.54 Å². The number of urea groups is 1. The molecule has 0 saturated heterocycles. The molecule has 1 rings (SSSR count). The molecule has 8 heteroatoms. The fourth-order valence-electron chi connectivity index (χ4n) is 1.23. The van der Waals surface area contributed by atoms with Crippen molar-refractivity contribution in [2.24, 2.45) is 0 Å². The lowest BCUT2D eigenvalue weighted by Gasteiger charge is -2.16. The molecule has 1 aromatic rings. The van der Waals surface area contributed by atoms with E-state index in [1.165, 1.54) is 4.90 Å². The largest absolute Gasteiger partial charge is 0.480 e. The van der Waals surface area contributed by atoms with E-state index in [1.54, 1.807) is 19.4 Å². The summed E-state index contributed by atoms with van der Waals surface area (Å²) in [7, 11) is 1.65. The number of rotatable bonds is 7. The van der Waals surface area contributed by atoms with Crippen molar-refractivity contribution in [3.63, 3.8) is 0 Å². The number of hydrogen-bond acceptors (Lipinski definition) is 4. The van der Waals surface area contributed by atoms with E-state index in [2.05, 4.69) is 15.5 Å². The number of hydrogen-bond donors (Lipinski definition) is 3. The third-order valence-electron chi connectivity index (χ3n) is 2.07. The van der Waals surface area contributed by atoms with Crippen LogP contribution >= 0.6 is 0 Å². The van der Waals surface area contributed by atoms with E-state index in [0.717, 1.165) is 5.56 Å². The molecule has 3 N–H and O–H groups in total. The van der Waals surface area contributed by atoms with Crippen LogP contribution in [0.4, 0.5) is 4.79 Å². The predicted molar refractivity (Wildman–Crippen MR) is 61.9 cm³/mol. The summed E-state index contributed by atoms with van der Waals surface area (Å²) in [5.74, 6) is -1.03. The Labute approximate surface area is 104 Å². The minimum absolute atomic E-state index is 0.164. The van der Waals surface area contributed by atoms with E-state index < -0.39 is 5.97 Å². The van der Waals surface area contributed by atoms with Gasteiger partial charge in [-0.05, 0) is 0 Å². The number of aliphatic carboxylic acids is 1. The third-order valence-corrected chi connectivity index (χ3v) is 2.07. The van der Waals surface area contributed by atoms with E-state index in [4.69, 9.17) is 9.84 Å². The van der Waals surface area contributed by atoms with Crippen LogP contribution in [0.1, 0.15) is 5.56 Å². The Morgan fingerprint density at radius 3 is 3.00 bits per heavy atom. The number of nitrogens with zero attached hydrogens (tertiary/aromatic N) is 2. The van der Waals surface area contributed by atoms with Gasteiger partial charge in [-0.1, -0.05) is 0 Å². The number of aromatic nitrogens is 2. The number of ether oxygens (including phenoxy) is 1. The molecule has 0 aromatic carbocycles. The van der Waals surface area contributed by atoms with Crippen LogP contribution in [0.25, 0.3) is 0 Å². The summed E-state index contributed by atoms with van der Waals surface area (Å²) in [6.07, 6.45) is 3.35. The smallest absolute Gasteiger partial charge is 0.329 e. The molecular weight excluding hydrogens is 240 g/mol. The average molecular weight is 256 g/mol. The van der Waals surface area contributed by atoms with Crippen LogP contribution in [0.5, 0.6) is 0 Å². The van der Waals surface area contributed by atoms with Crippen LogP contribution in [0.15, 0.2) is 12.4 Å². The predicted octanol–water partition coefficient (Wildman–Crippen LogP) is -0.348. The molecule has 2 amide bonds. The lowest BCUT2D eigenvalue weighted by atomic mass is 10.3. The van der Waals surface area contributed by atoms with E-state index in [9.17, 15) is 9.59 Å². The van der Waals surface area contributed by atoms with Crippen LogP contribution in [-0.2, 0) is 16.1 Å². The van der Waals surface area contributed by atoms with Crippen molar-refractivity contribution in [1.82, 2.24) is 20.4 Å². The van der Waals surface area contributed by atoms with E-state index >= 15 is 0 Å². The van der Waals surface area contributed by atoms with Crippen LogP contribution < -0.4 is 5.32 Å². The Kier molecular flexibility index (Phi) is 5.65. The minimum atomic E-state index is -1.03. The van der Waals surface area contributed by atoms with Crippen molar-refractivity contribution >= 4 is 12.0 Å². The number of carbonyl (C=O) groups is 2. The van der Waals surface area contributed by atoms with Crippen molar-refractivity contribution in [1.29, 1.82) is 0 Å². The number of nitrogens with one attached hydrogen (secondary N) is 2. The molecule has 0 radical (unpaired) electrons. The van der Waals surface area contributed by atoms with Crippen LogP contribution in [0, 0.1) is 0 Å². The zero-order valence-corrected chi connectivity index (χ0v) is 10.0. The lowest BCUT2D eigenvalue weighted by molar-refractivity contribution is -0.142. The maximum absolute atomic E-state index is 11.6. The van der Waals surface area contributed by atoms with Gasteiger partial charge in [0.05, 0.1) is 19.3 Å². The van der Waals surface area contributed by atoms with Crippen LogP contribution in [-0.4, -0.2) is 59.0 Å². The summed E-state index contributed by atoms with van der Waals surface area (Å²) in [5, 5.41) is 17.4. The molecule has 1 heterocycles. The number of carboxylic acid groups (broad SMARTS) is 1. The highest BCUT2D eigenvalue weighted by molar-refractivity contribution is 5.73. The molecular formula is C10H16N4O4. The van der Waals surface area contributed by atoms with Gasteiger partial charge in [-0.2, -0.15) is 5.10 Å². The lowest BCUT2D eigenvalue weighted by Crippen LogP contribution is -2.38. The highest BCUT2D eigenvalue weighted by Crippen LogP contribution is 1.99. The highest BCUT2D eigenvalue weighted by Gasteiger charge is 2.08. The summed E-state index contributed by atoms with van der Waals surface area (Å²) < 4.78 is 4.78. The second-order valence-electron chi connectivity index (χ2n) is 3.64. The van der Waals surface area contributed by atoms with Gasteiger partial charge in [0.2, 0.25) is 0 Å². The summed E-state index contributed by atoms with van der Waals surface area (Å²) in [5.41, 5.74) is 0.898. The molecule has 0 fully saturated rings. The average Bonchev–Trinajstić information content (AvgIpc) is 2.80. The molecule has 100 valence electrons. The monoisotopic (exact) mass is 256 g/mol. The van der Waals surface area contributed by atoms with Crippen molar-refractivity contribution in [2.45, 2.75) is 6.54 Å². The number of H-pyrrole nitrogens is 1. The summed E-state index contributed by atoms with van der Waals surface area (Å²) >= 11 is 0. The van der Waals surface area contributed by atoms with Gasteiger partial charge in [0.25, 0.3) is 0 Å². The fraction of sp³-hybridized carbons (Fsp3) is 0.500. The zero-order chi connectivity index (χ0) is 13.4. The number of amides is 2. The Hall–Kier alpha value is -2.09. The molecule has 18 heavy (non-hydrogen) atoms. The summed E-state index contributed by atoms with van der Waals surface area (Å²) in [6.45, 7) is 0.512. The van der Waals surface area contributed by atoms with Crippen molar-refractivity contribution < 1.29 is 19.4 Å². The second kappa shape index (κ2) is 7.28. The first-order valence-electron chi connectivity index (χ1n) is 5.35. The van der Waals surface area contributed by atoms with Gasteiger partial charge in [-0.3, -0.25) is 5.10 Å². The molecule has 0 aliphatic carbocycles. The summed E-state index contributed by atoms with van der Waals surface area (Å²) in [6, 6.07) is -0.255.